The predicted molar refractivity (Wildman–Crippen MR) is 69.9 cm³/mol. The molecule has 2 aromatic rings. The van der Waals surface area contributed by atoms with Crippen molar-refractivity contribution < 1.29 is 0 Å². The third-order valence-corrected chi connectivity index (χ3v) is 2.96. The van der Waals surface area contributed by atoms with E-state index < -0.39 is 0 Å². The number of aromatic nitrogens is 2. The van der Waals surface area contributed by atoms with Crippen molar-refractivity contribution in [1.82, 2.24) is 9.97 Å². The number of anilines is 2. The van der Waals surface area contributed by atoms with Crippen LogP contribution in [0.25, 0.3) is 0 Å². The molecule has 0 radical (unpaired) electrons. The first-order valence-corrected chi connectivity index (χ1v) is 5.57. The number of hydrogen-bond acceptors (Lipinski definition) is 4. The second-order valence-corrected chi connectivity index (χ2v) is 4.21. The second-order valence-electron chi connectivity index (χ2n) is 3.80. The number of nitrogen functional groups attached to an aromatic ring is 2. The highest BCUT2D eigenvalue weighted by Gasteiger charge is 2.10. The van der Waals surface area contributed by atoms with Crippen molar-refractivity contribution in [2.24, 2.45) is 0 Å². The summed E-state index contributed by atoms with van der Waals surface area (Å²) in [6.07, 6.45) is 0.609. The lowest BCUT2D eigenvalue weighted by Gasteiger charge is -2.09. The summed E-state index contributed by atoms with van der Waals surface area (Å²) in [4.78, 5) is 8.07. The Labute approximate surface area is 105 Å². The van der Waals surface area contributed by atoms with E-state index in [1.165, 1.54) is 0 Å². The Morgan fingerprint density at radius 2 is 1.88 bits per heavy atom. The zero-order valence-corrected chi connectivity index (χ0v) is 10.2. The molecule has 0 aliphatic heterocycles. The third kappa shape index (κ3) is 2.47. The number of rotatable bonds is 2. The van der Waals surface area contributed by atoms with E-state index in [0.29, 0.717) is 17.3 Å². The molecule has 0 saturated carbocycles. The highest BCUT2D eigenvalue weighted by molar-refractivity contribution is 6.31. The molecule has 1 aromatic heterocycles. The van der Waals surface area contributed by atoms with Crippen LogP contribution in [0.1, 0.15) is 16.8 Å². The van der Waals surface area contributed by atoms with Crippen molar-refractivity contribution >= 4 is 23.4 Å². The number of benzene rings is 1. The Bertz CT molecular complexity index is 531. The van der Waals surface area contributed by atoms with Crippen LogP contribution in [-0.4, -0.2) is 9.97 Å². The molecule has 2 rings (SSSR count). The number of nitrogens with zero attached hydrogens (tertiary/aromatic N) is 2. The van der Waals surface area contributed by atoms with E-state index in [9.17, 15) is 0 Å². The molecule has 0 bridgehead atoms. The van der Waals surface area contributed by atoms with Crippen molar-refractivity contribution in [3.63, 3.8) is 0 Å². The van der Waals surface area contributed by atoms with Crippen LogP contribution in [0.15, 0.2) is 24.3 Å². The van der Waals surface area contributed by atoms with E-state index in [1.54, 1.807) is 0 Å². The van der Waals surface area contributed by atoms with E-state index in [4.69, 9.17) is 23.1 Å². The van der Waals surface area contributed by atoms with Crippen molar-refractivity contribution in [2.45, 2.75) is 13.3 Å². The van der Waals surface area contributed by atoms with Crippen LogP contribution in [-0.2, 0) is 6.42 Å². The van der Waals surface area contributed by atoms with Gasteiger partial charge in [0, 0.05) is 22.7 Å². The van der Waals surface area contributed by atoms with Gasteiger partial charge in [0.1, 0.15) is 5.82 Å². The van der Waals surface area contributed by atoms with Crippen LogP contribution >= 0.6 is 11.6 Å². The van der Waals surface area contributed by atoms with Crippen molar-refractivity contribution in [1.29, 1.82) is 0 Å². The maximum atomic E-state index is 6.10. The largest absolute Gasteiger partial charge is 0.383 e. The lowest BCUT2D eigenvalue weighted by molar-refractivity contribution is 1.04. The lowest BCUT2D eigenvalue weighted by Crippen LogP contribution is -2.07. The maximum absolute atomic E-state index is 6.10. The van der Waals surface area contributed by atoms with Gasteiger partial charge < -0.3 is 11.5 Å². The predicted octanol–water partition coefficient (Wildman–Crippen LogP) is 2.19. The standard InChI is InChI=1S/C12H13ClN4/c1-7-9(11(14)17-12(15)16-7)6-8-4-2-3-5-10(8)13/h2-5H,6H2,1H3,(H4,14,15,16,17). The average Bonchev–Trinajstić information content (AvgIpc) is 2.25. The molecule has 0 aliphatic carbocycles. The molecule has 4 nitrogen and oxygen atoms in total. The zero-order valence-electron chi connectivity index (χ0n) is 9.44. The van der Waals surface area contributed by atoms with Gasteiger partial charge in [0.15, 0.2) is 0 Å². The van der Waals surface area contributed by atoms with Gasteiger partial charge in [-0.25, -0.2) is 4.98 Å². The molecule has 17 heavy (non-hydrogen) atoms. The third-order valence-electron chi connectivity index (χ3n) is 2.59. The number of hydrogen-bond donors (Lipinski definition) is 2. The lowest BCUT2D eigenvalue weighted by atomic mass is 10.0. The smallest absolute Gasteiger partial charge is 0.222 e. The summed E-state index contributed by atoms with van der Waals surface area (Å²) in [7, 11) is 0. The van der Waals surface area contributed by atoms with Crippen LogP contribution in [0.2, 0.25) is 5.02 Å². The molecular formula is C12H13ClN4. The highest BCUT2D eigenvalue weighted by atomic mass is 35.5. The van der Waals surface area contributed by atoms with Crippen molar-refractivity contribution in [3.8, 4) is 0 Å². The maximum Gasteiger partial charge on any atom is 0.222 e. The van der Waals surface area contributed by atoms with Gasteiger partial charge in [-0.2, -0.15) is 4.98 Å². The minimum Gasteiger partial charge on any atom is -0.383 e. The van der Waals surface area contributed by atoms with Gasteiger partial charge in [-0.15, -0.1) is 0 Å². The minimum absolute atomic E-state index is 0.197. The van der Waals surface area contributed by atoms with Gasteiger partial charge in [-0.1, -0.05) is 29.8 Å². The van der Waals surface area contributed by atoms with E-state index in [1.807, 2.05) is 31.2 Å². The minimum atomic E-state index is 0.197. The molecule has 5 heteroatoms. The molecule has 0 atom stereocenters. The summed E-state index contributed by atoms with van der Waals surface area (Å²) in [6.45, 7) is 1.86. The number of halogens is 1. The number of nitrogens with two attached hydrogens (primary N) is 2. The van der Waals surface area contributed by atoms with Gasteiger partial charge in [0.2, 0.25) is 5.95 Å². The summed E-state index contributed by atoms with van der Waals surface area (Å²) < 4.78 is 0. The molecule has 0 spiro atoms. The molecule has 0 aliphatic rings. The molecular weight excluding hydrogens is 236 g/mol. The summed E-state index contributed by atoms with van der Waals surface area (Å²) in [5.74, 6) is 0.609. The molecule has 0 saturated heterocycles. The first kappa shape index (κ1) is 11.7. The Morgan fingerprint density at radius 3 is 2.53 bits per heavy atom. The van der Waals surface area contributed by atoms with Gasteiger partial charge in [-0.3, -0.25) is 0 Å². The molecule has 4 N–H and O–H groups in total. The van der Waals surface area contributed by atoms with E-state index in [2.05, 4.69) is 9.97 Å². The van der Waals surface area contributed by atoms with E-state index in [-0.39, 0.29) is 5.95 Å². The van der Waals surface area contributed by atoms with Gasteiger partial charge in [0.05, 0.1) is 0 Å². The SMILES string of the molecule is Cc1nc(N)nc(N)c1Cc1ccccc1Cl. The van der Waals surface area contributed by atoms with Crippen LogP contribution in [0.3, 0.4) is 0 Å². The summed E-state index contributed by atoms with van der Waals surface area (Å²) in [6, 6.07) is 7.63. The van der Waals surface area contributed by atoms with Crippen LogP contribution in [0.4, 0.5) is 11.8 Å². The second kappa shape index (κ2) is 4.59. The first-order chi connectivity index (χ1) is 8.08. The summed E-state index contributed by atoms with van der Waals surface area (Å²) >= 11 is 6.10. The van der Waals surface area contributed by atoms with Gasteiger partial charge in [-0.05, 0) is 18.6 Å². The van der Waals surface area contributed by atoms with Crippen LogP contribution in [0, 0.1) is 6.92 Å². The monoisotopic (exact) mass is 248 g/mol. The molecule has 88 valence electrons. The normalized spacial score (nSPS) is 10.5. The zero-order chi connectivity index (χ0) is 12.4. The molecule has 1 aromatic carbocycles. The quantitative estimate of drug-likeness (QED) is 0.854. The summed E-state index contributed by atoms with van der Waals surface area (Å²) in [5.41, 5.74) is 14.0. The van der Waals surface area contributed by atoms with E-state index in [0.717, 1.165) is 16.8 Å². The average molecular weight is 249 g/mol. The van der Waals surface area contributed by atoms with Crippen molar-refractivity contribution in [3.05, 3.63) is 46.1 Å². The summed E-state index contributed by atoms with van der Waals surface area (Å²) in [5, 5.41) is 0.711. The Balaban J connectivity index is 2.40. The van der Waals surface area contributed by atoms with Gasteiger partial charge in [0.25, 0.3) is 0 Å². The molecule has 1 heterocycles. The Hall–Kier alpha value is -1.81. The fraction of sp³-hybridized carbons (Fsp3) is 0.167. The fourth-order valence-corrected chi connectivity index (χ4v) is 1.89. The Morgan fingerprint density at radius 1 is 1.18 bits per heavy atom. The first-order valence-electron chi connectivity index (χ1n) is 5.20. The van der Waals surface area contributed by atoms with Crippen LogP contribution < -0.4 is 11.5 Å². The highest BCUT2D eigenvalue weighted by Crippen LogP contribution is 2.23. The van der Waals surface area contributed by atoms with E-state index >= 15 is 0 Å². The molecule has 0 amide bonds. The van der Waals surface area contributed by atoms with Gasteiger partial charge >= 0.3 is 0 Å². The van der Waals surface area contributed by atoms with Crippen molar-refractivity contribution in [2.75, 3.05) is 11.5 Å². The number of aryl methyl sites for hydroxylation is 1. The molecule has 0 unspecified atom stereocenters. The fourth-order valence-electron chi connectivity index (χ4n) is 1.69. The topological polar surface area (TPSA) is 77.8 Å². The Kier molecular flexibility index (Phi) is 3.15. The molecule has 0 fully saturated rings. The van der Waals surface area contributed by atoms with Crippen LogP contribution in [0.5, 0.6) is 0 Å².